The zero-order valence-corrected chi connectivity index (χ0v) is 16.0. The van der Waals surface area contributed by atoms with E-state index in [-0.39, 0.29) is 10.9 Å². The first-order valence-corrected chi connectivity index (χ1v) is 9.53. The Labute approximate surface area is 163 Å². The molecule has 1 atom stereocenters. The van der Waals surface area contributed by atoms with E-state index in [0.29, 0.717) is 29.2 Å². The fraction of sp³-hybridized carbons (Fsp3) is 0.263. The molecular formula is C19H18FN3O4S. The first-order valence-electron chi connectivity index (χ1n) is 8.65. The summed E-state index contributed by atoms with van der Waals surface area (Å²) in [6.07, 6.45) is 1.15. The lowest BCUT2D eigenvalue weighted by molar-refractivity contribution is -0.118. The molecule has 0 radical (unpaired) electrons. The summed E-state index contributed by atoms with van der Waals surface area (Å²) in [7, 11) is 0. The van der Waals surface area contributed by atoms with Crippen LogP contribution in [0.5, 0.6) is 0 Å². The molecule has 3 rings (SSSR count). The number of benzene rings is 1. The molecule has 0 fully saturated rings. The van der Waals surface area contributed by atoms with Crippen molar-refractivity contribution in [3.8, 4) is 0 Å². The van der Waals surface area contributed by atoms with E-state index in [1.54, 1.807) is 6.92 Å². The molecule has 1 unspecified atom stereocenters. The van der Waals surface area contributed by atoms with Crippen molar-refractivity contribution in [1.29, 1.82) is 0 Å². The summed E-state index contributed by atoms with van der Waals surface area (Å²) in [5.41, 5.74) is -0.298. The van der Waals surface area contributed by atoms with Crippen LogP contribution in [0.2, 0.25) is 0 Å². The Morgan fingerprint density at radius 3 is 2.61 bits per heavy atom. The van der Waals surface area contributed by atoms with Crippen LogP contribution in [0.25, 0.3) is 10.2 Å². The van der Waals surface area contributed by atoms with Gasteiger partial charge < -0.3 is 10.4 Å². The molecule has 3 aromatic rings. The number of aromatic nitrogens is 2. The molecule has 0 aliphatic heterocycles. The van der Waals surface area contributed by atoms with Crippen molar-refractivity contribution in [3.63, 3.8) is 0 Å². The van der Waals surface area contributed by atoms with Gasteiger partial charge in [-0.25, -0.2) is 14.2 Å². The average Bonchev–Trinajstić information content (AvgIpc) is 3.08. The van der Waals surface area contributed by atoms with E-state index >= 15 is 0 Å². The van der Waals surface area contributed by atoms with Gasteiger partial charge in [-0.1, -0.05) is 6.92 Å². The Morgan fingerprint density at radius 1 is 1.32 bits per heavy atom. The van der Waals surface area contributed by atoms with Crippen LogP contribution >= 0.6 is 11.3 Å². The van der Waals surface area contributed by atoms with Gasteiger partial charge >= 0.3 is 5.97 Å². The summed E-state index contributed by atoms with van der Waals surface area (Å²) in [5.74, 6) is -1.72. The number of rotatable bonds is 6. The highest BCUT2D eigenvalue weighted by Crippen LogP contribution is 2.24. The van der Waals surface area contributed by atoms with Crippen LogP contribution in [-0.2, 0) is 11.2 Å². The molecular weight excluding hydrogens is 385 g/mol. The number of thiophene rings is 1. The molecule has 7 nitrogen and oxygen atoms in total. The van der Waals surface area contributed by atoms with Gasteiger partial charge in [0.1, 0.15) is 22.5 Å². The molecule has 0 saturated heterocycles. The van der Waals surface area contributed by atoms with Gasteiger partial charge in [0.2, 0.25) is 5.91 Å². The van der Waals surface area contributed by atoms with E-state index in [1.165, 1.54) is 34.2 Å². The number of fused-ring (bicyclic) bond motifs is 1. The van der Waals surface area contributed by atoms with Crippen molar-refractivity contribution in [2.24, 2.45) is 0 Å². The highest BCUT2D eigenvalue weighted by Gasteiger charge is 2.25. The van der Waals surface area contributed by atoms with Crippen LogP contribution in [0.1, 0.15) is 42.5 Å². The van der Waals surface area contributed by atoms with Crippen molar-refractivity contribution < 1.29 is 19.1 Å². The molecule has 2 aromatic heterocycles. The Bertz CT molecular complexity index is 1100. The largest absolute Gasteiger partial charge is 0.478 e. The molecule has 1 amide bonds. The summed E-state index contributed by atoms with van der Waals surface area (Å²) in [6, 6.07) is 4.33. The number of carbonyl (C=O) groups is 2. The number of aryl methyl sites for hydroxylation is 1. The minimum atomic E-state index is -1.22. The van der Waals surface area contributed by atoms with Crippen LogP contribution in [-0.4, -0.2) is 26.5 Å². The second-order valence-electron chi connectivity index (χ2n) is 6.26. The molecule has 0 aliphatic carbocycles. The molecule has 0 spiro atoms. The second-order valence-corrected chi connectivity index (χ2v) is 7.12. The summed E-state index contributed by atoms with van der Waals surface area (Å²) in [5, 5.41) is 13.4. The zero-order chi connectivity index (χ0) is 20.4. The van der Waals surface area contributed by atoms with Crippen LogP contribution in [0, 0.1) is 5.82 Å². The lowest BCUT2D eigenvalue weighted by Gasteiger charge is -2.19. The van der Waals surface area contributed by atoms with Gasteiger partial charge in [-0.15, -0.1) is 11.3 Å². The fourth-order valence-electron chi connectivity index (χ4n) is 2.90. The third-order valence-electron chi connectivity index (χ3n) is 4.30. The smallest absolute Gasteiger partial charge is 0.337 e. The van der Waals surface area contributed by atoms with E-state index in [2.05, 4.69) is 10.3 Å². The van der Waals surface area contributed by atoms with Crippen molar-refractivity contribution in [2.45, 2.75) is 32.7 Å². The Hall–Kier alpha value is -3.07. The molecule has 28 heavy (non-hydrogen) atoms. The van der Waals surface area contributed by atoms with Crippen LogP contribution in [0.3, 0.4) is 0 Å². The fourth-order valence-corrected chi connectivity index (χ4v) is 3.82. The number of aromatic carboxylic acids is 1. The number of hydrogen-bond donors (Lipinski definition) is 2. The third kappa shape index (κ3) is 3.65. The van der Waals surface area contributed by atoms with Crippen LogP contribution < -0.4 is 10.9 Å². The van der Waals surface area contributed by atoms with E-state index in [9.17, 15) is 23.9 Å². The molecule has 2 heterocycles. The quantitative estimate of drug-likeness (QED) is 0.656. The number of hydrogen-bond acceptors (Lipinski definition) is 5. The van der Waals surface area contributed by atoms with Gasteiger partial charge in [0, 0.05) is 17.5 Å². The lowest BCUT2D eigenvalue weighted by atomic mass is 10.2. The molecule has 0 saturated carbocycles. The van der Waals surface area contributed by atoms with Crippen molar-refractivity contribution in [2.75, 3.05) is 5.32 Å². The van der Waals surface area contributed by atoms with Gasteiger partial charge in [-0.05, 0) is 37.6 Å². The first-order chi connectivity index (χ1) is 13.3. The minimum Gasteiger partial charge on any atom is -0.478 e. The number of carboxylic acids is 1. The summed E-state index contributed by atoms with van der Waals surface area (Å²) in [4.78, 5) is 42.0. The average molecular weight is 403 g/mol. The Balaban J connectivity index is 2.07. The van der Waals surface area contributed by atoms with Gasteiger partial charge in [-0.3, -0.25) is 14.2 Å². The molecule has 146 valence electrons. The highest BCUT2D eigenvalue weighted by atomic mass is 32.1. The summed E-state index contributed by atoms with van der Waals surface area (Å²) in [6.45, 7) is 3.46. The first kappa shape index (κ1) is 19.7. The summed E-state index contributed by atoms with van der Waals surface area (Å²) >= 11 is 1.09. The number of carbonyl (C=O) groups excluding carboxylic acids is 1. The summed E-state index contributed by atoms with van der Waals surface area (Å²) < 4.78 is 14.3. The zero-order valence-electron chi connectivity index (χ0n) is 15.2. The predicted molar refractivity (Wildman–Crippen MR) is 105 cm³/mol. The van der Waals surface area contributed by atoms with Crippen molar-refractivity contribution in [1.82, 2.24) is 9.55 Å². The normalized spacial score (nSPS) is 12.1. The third-order valence-corrected chi connectivity index (χ3v) is 5.17. The van der Waals surface area contributed by atoms with Crippen LogP contribution in [0.4, 0.5) is 10.1 Å². The maximum atomic E-state index is 13.1. The molecule has 9 heteroatoms. The highest BCUT2D eigenvalue weighted by molar-refractivity contribution is 7.17. The second kappa shape index (κ2) is 7.89. The molecule has 0 bridgehead atoms. The maximum Gasteiger partial charge on any atom is 0.337 e. The minimum absolute atomic E-state index is 0.00112. The van der Waals surface area contributed by atoms with E-state index < -0.39 is 29.3 Å². The topological polar surface area (TPSA) is 101 Å². The lowest BCUT2D eigenvalue weighted by Crippen LogP contribution is -2.35. The number of nitrogens with one attached hydrogen (secondary N) is 1. The van der Waals surface area contributed by atoms with E-state index in [0.717, 1.165) is 11.3 Å². The van der Waals surface area contributed by atoms with E-state index in [1.807, 2.05) is 6.92 Å². The number of nitrogens with zero attached hydrogens (tertiary/aromatic N) is 2. The van der Waals surface area contributed by atoms with Gasteiger partial charge in [0.15, 0.2) is 0 Å². The molecule has 0 aliphatic rings. The van der Waals surface area contributed by atoms with Crippen molar-refractivity contribution >= 4 is 39.1 Å². The molecule has 1 aromatic carbocycles. The monoisotopic (exact) mass is 403 g/mol. The standard InChI is InChI=1S/C19H18FN3O4S/c1-3-4-14-22-17-15(13(9-28-17)19(26)27)18(25)23(14)10(2)16(24)21-12-7-5-11(20)6-8-12/h5-10H,3-4H2,1-2H3,(H,21,24)(H,26,27). The number of anilines is 1. The number of halogens is 1. The van der Waals surface area contributed by atoms with Crippen molar-refractivity contribution in [3.05, 3.63) is 57.2 Å². The SMILES string of the molecule is CCCc1nc2scc(C(=O)O)c2c(=O)n1C(C)C(=O)Nc1ccc(F)cc1. The molecule has 2 N–H and O–H groups in total. The van der Waals surface area contributed by atoms with Crippen LogP contribution in [0.15, 0.2) is 34.4 Å². The Kier molecular flexibility index (Phi) is 5.55. The number of amides is 1. The Morgan fingerprint density at radius 2 is 2.00 bits per heavy atom. The number of carboxylic acid groups (broad SMARTS) is 1. The van der Waals surface area contributed by atoms with Gasteiger partial charge in [0.05, 0.1) is 10.9 Å². The van der Waals surface area contributed by atoms with E-state index in [4.69, 9.17) is 0 Å². The van der Waals surface area contributed by atoms with Gasteiger partial charge in [-0.2, -0.15) is 0 Å². The maximum absolute atomic E-state index is 13.1. The predicted octanol–water partition coefficient (Wildman–Crippen LogP) is 3.45. The van der Waals surface area contributed by atoms with Gasteiger partial charge in [0.25, 0.3) is 5.56 Å².